The molecule has 0 spiro atoms. The molecule has 0 radical (unpaired) electrons. The average molecular weight is 433 g/mol. The van der Waals surface area contributed by atoms with E-state index in [9.17, 15) is 9.59 Å². The molecule has 148 valence electrons. The number of fused-ring (bicyclic) bond motifs is 3. The second-order valence-electron chi connectivity index (χ2n) is 7.25. The molecule has 0 saturated carbocycles. The van der Waals surface area contributed by atoms with Crippen LogP contribution in [0.1, 0.15) is 11.1 Å². The first-order chi connectivity index (χ1) is 14.5. The normalized spacial score (nSPS) is 11.4. The van der Waals surface area contributed by atoms with Gasteiger partial charge in [-0.2, -0.15) is 0 Å². The second kappa shape index (κ2) is 7.27. The fraction of sp³-hybridized carbons (Fsp3) is 0.0833. The van der Waals surface area contributed by atoms with Gasteiger partial charge < -0.3 is 0 Å². The van der Waals surface area contributed by atoms with Crippen LogP contribution in [0.2, 0.25) is 5.02 Å². The van der Waals surface area contributed by atoms with Crippen molar-refractivity contribution in [1.29, 1.82) is 0 Å². The summed E-state index contributed by atoms with van der Waals surface area (Å²) in [4.78, 5) is 27.0. The lowest BCUT2D eigenvalue weighted by Gasteiger charge is -2.13. The molecular formula is C24H17ClN2O2S. The summed E-state index contributed by atoms with van der Waals surface area (Å²) in [6.07, 6.45) is 0. The monoisotopic (exact) mass is 432 g/mol. The maximum atomic E-state index is 13.6. The molecule has 0 amide bonds. The molecule has 0 aliphatic carbocycles. The molecule has 0 fully saturated rings. The predicted molar refractivity (Wildman–Crippen MR) is 124 cm³/mol. The Labute approximate surface area is 181 Å². The van der Waals surface area contributed by atoms with E-state index in [2.05, 4.69) is 0 Å². The van der Waals surface area contributed by atoms with E-state index in [0.29, 0.717) is 27.5 Å². The average Bonchev–Trinajstić information content (AvgIpc) is 3.14. The Morgan fingerprint density at radius 3 is 2.33 bits per heavy atom. The van der Waals surface area contributed by atoms with Crippen LogP contribution in [0.25, 0.3) is 26.0 Å². The number of aryl methyl sites for hydroxylation is 1. The Bertz CT molecular complexity index is 1510. The highest BCUT2D eigenvalue weighted by molar-refractivity contribution is 7.25. The highest BCUT2D eigenvalue weighted by Gasteiger charge is 2.19. The summed E-state index contributed by atoms with van der Waals surface area (Å²) in [6, 6.07) is 22.7. The van der Waals surface area contributed by atoms with Gasteiger partial charge in [-0.3, -0.25) is 9.36 Å². The van der Waals surface area contributed by atoms with Crippen molar-refractivity contribution in [2.75, 3.05) is 0 Å². The molecule has 0 aliphatic rings. The summed E-state index contributed by atoms with van der Waals surface area (Å²) in [5, 5.41) is 1.47. The van der Waals surface area contributed by atoms with Crippen molar-refractivity contribution in [2.24, 2.45) is 0 Å². The highest BCUT2D eigenvalue weighted by atomic mass is 35.5. The molecule has 5 aromatic rings. The van der Waals surface area contributed by atoms with Crippen LogP contribution in [-0.2, 0) is 6.54 Å². The van der Waals surface area contributed by atoms with Gasteiger partial charge in [0.2, 0.25) is 0 Å². The molecule has 0 saturated heterocycles. The number of hydrogen-bond acceptors (Lipinski definition) is 3. The lowest BCUT2D eigenvalue weighted by molar-refractivity contribution is 0.718. The van der Waals surface area contributed by atoms with Crippen LogP contribution >= 0.6 is 22.9 Å². The van der Waals surface area contributed by atoms with E-state index in [4.69, 9.17) is 11.6 Å². The molecule has 30 heavy (non-hydrogen) atoms. The van der Waals surface area contributed by atoms with Crippen LogP contribution in [0, 0.1) is 6.92 Å². The quantitative estimate of drug-likeness (QED) is 0.384. The van der Waals surface area contributed by atoms with Crippen LogP contribution in [0.3, 0.4) is 0 Å². The van der Waals surface area contributed by atoms with E-state index in [1.54, 1.807) is 28.8 Å². The number of hydrogen-bond donors (Lipinski definition) is 0. The highest BCUT2D eigenvalue weighted by Crippen LogP contribution is 2.31. The third-order valence-corrected chi connectivity index (χ3v) is 6.60. The minimum Gasteiger partial charge on any atom is -0.287 e. The van der Waals surface area contributed by atoms with Gasteiger partial charge in [0, 0.05) is 15.1 Å². The van der Waals surface area contributed by atoms with E-state index in [0.717, 1.165) is 21.2 Å². The number of halogens is 1. The first-order valence-corrected chi connectivity index (χ1v) is 10.7. The third kappa shape index (κ3) is 3.07. The Morgan fingerprint density at radius 1 is 0.900 bits per heavy atom. The molecule has 0 N–H and O–H groups in total. The summed E-state index contributed by atoms with van der Waals surface area (Å²) < 4.78 is 4.49. The van der Waals surface area contributed by atoms with Crippen molar-refractivity contribution >= 4 is 43.2 Å². The molecule has 0 aliphatic heterocycles. The first-order valence-electron chi connectivity index (χ1n) is 9.51. The van der Waals surface area contributed by atoms with Gasteiger partial charge in [-0.15, -0.1) is 11.3 Å². The Morgan fingerprint density at radius 2 is 1.60 bits per heavy atom. The van der Waals surface area contributed by atoms with Gasteiger partial charge >= 0.3 is 5.69 Å². The van der Waals surface area contributed by atoms with Gasteiger partial charge in [0.25, 0.3) is 5.56 Å². The zero-order chi connectivity index (χ0) is 20.8. The number of thiophene rings is 1. The zero-order valence-electron chi connectivity index (χ0n) is 16.1. The lowest BCUT2D eigenvalue weighted by atomic mass is 10.1. The SMILES string of the molecule is Cc1ccc(Cn2c(=O)n(-c3ccc(Cl)cc3)c(=O)c3sc4ccccc4c32)cc1. The predicted octanol–water partition coefficient (Wildman–Crippen LogP) is 5.38. The fourth-order valence-electron chi connectivity index (χ4n) is 3.69. The van der Waals surface area contributed by atoms with Gasteiger partial charge in [0.05, 0.1) is 17.7 Å². The van der Waals surface area contributed by atoms with Crippen LogP contribution < -0.4 is 11.2 Å². The summed E-state index contributed by atoms with van der Waals surface area (Å²) in [5.74, 6) is 0. The standard InChI is InChI=1S/C24H17ClN2O2S/c1-15-6-8-16(9-7-15)14-26-21-19-4-2-3-5-20(19)30-22(21)23(28)27(24(26)29)18-12-10-17(25)11-13-18/h2-13H,14H2,1H3. The van der Waals surface area contributed by atoms with Crippen molar-refractivity contribution in [3.05, 3.63) is 110 Å². The maximum absolute atomic E-state index is 13.6. The van der Waals surface area contributed by atoms with Gasteiger partial charge in [-0.1, -0.05) is 59.6 Å². The second-order valence-corrected chi connectivity index (χ2v) is 8.74. The van der Waals surface area contributed by atoms with E-state index >= 15 is 0 Å². The topological polar surface area (TPSA) is 44.0 Å². The van der Waals surface area contributed by atoms with Crippen LogP contribution in [0.15, 0.2) is 82.4 Å². The largest absolute Gasteiger partial charge is 0.336 e. The summed E-state index contributed by atoms with van der Waals surface area (Å²) in [7, 11) is 0. The number of rotatable bonds is 3. The van der Waals surface area contributed by atoms with Crippen molar-refractivity contribution in [2.45, 2.75) is 13.5 Å². The molecule has 2 aromatic heterocycles. The molecule has 2 heterocycles. The zero-order valence-corrected chi connectivity index (χ0v) is 17.7. The summed E-state index contributed by atoms with van der Waals surface area (Å²) in [6.45, 7) is 2.41. The summed E-state index contributed by atoms with van der Waals surface area (Å²) >= 11 is 7.43. The molecule has 3 aromatic carbocycles. The summed E-state index contributed by atoms with van der Waals surface area (Å²) in [5.41, 5.74) is 2.68. The molecule has 0 atom stereocenters. The van der Waals surface area contributed by atoms with Crippen LogP contribution in [-0.4, -0.2) is 9.13 Å². The van der Waals surface area contributed by atoms with Crippen LogP contribution in [0.5, 0.6) is 0 Å². The Kier molecular flexibility index (Phi) is 4.57. The lowest BCUT2D eigenvalue weighted by Crippen LogP contribution is -2.38. The smallest absolute Gasteiger partial charge is 0.287 e. The molecule has 0 unspecified atom stereocenters. The molecular weight excluding hydrogens is 416 g/mol. The molecule has 0 bridgehead atoms. The minimum absolute atomic E-state index is 0.307. The third-order valence-electron chi connectivity index (χ3n) is 5.20. The number of aromatic nitrogens is 2. The molecule has 4 nitrogen and oxygen atoms in total. The van der Waals surface area contributed by atoms with E-state index in [1.807, 2.05) is 55.5 Å². The fourth-order valence-corrected chi connectivity index (χ4v) is 4.95. The Balaban J connectivity index is 1.87. The van der Waals surface area contributed by atoms with Gasteiger partial charge in [0.1, 0.15) is 4.70 Å². The number of nitrogens with zero attached hydrogens (tertiary/aromatic N) is 2. The van der Waals surface area contributed by atoms with Crippen molar-refractivity contribution in [3.8, 4) is 5.69 Å². The van der Waals surface area contributed by atoms with Crippen LogP contribution in [0.4, 0.5) is 0 Å². The van der Waals surface area contributed by atoms with E-state index in [-0.39, 0.29) is 11.2 Å². The van der Waals surface area contributed by atoms with E-state index in [1.165, 1.54) is 15.9 Å². The molecule has 6 heteroatoms. The first kappa shape index (κ1) is 18.9. The van der Waals surface area contributed by atoms with Gasteiger partial charge in [0.15, 0.2) is 0 Å². The maximum Gasteiger partial charge on any atom is 0.336 e. The van der Waals surface area contributed by atoms with E-state index < -0.39 is 0 Å². The van der Waals surface area contributed by atoms with Gasteiger partial charge in [-0.25, -0.2) is 9.36 Å². The van der Waals surface area contributed by atoms with Crippen molar-refractivity contribution in [1.82, 2.24) is 9.13 Å². The van der Waals surface area contributed by atoms with Crippen molar-refractivity contribution in [3.63, 3.8) is 0 Å². The number of benzene rings is 3. The van der Waals surface area contributed by atoms with Gasteiger partial charge in [-0.05, 0) is 42.8 Å². The van der Waals surface area contributed by atoms with Crippen molar-refractivity contribution < 1.29 is 0 Å². The minimum atomic E-state index is -0.362. The molecule has 5 rings (SSSR count). The Hall–Kier alpha value is -3.15.